The molecule has 53 heavy (non-hydrogen) atoms. The van der Waals surface area contributed by atoms with Crippen LogP contribution >= 0.6 is 0 Å². The van der Waals surface area contributed by atoms with Gasteiger partial charge in [0.15, 0.2) is 42.9 Å². The quantitative estimate of drug-likeness (QED) is 0.340. The van der Waals surface area contributed by atoms with Gasteiger partial charge in [-0.25, -0.2) is 16.8 Å². The molecule has 306 valence electrons. The predicted octanol–water partition coefficient (Wildman–Crippen LogP) is 4.00. The first-order chi connectivity index (χ1) is 23.2. The summed E-state index contributed by atoms with van der Waals surface area (Å²) in [5.41, 5.74) is -0.714. The largest absolute Gasteiger partial charge is 0.393 e. The molecule has 2 fully saturated rings. The highest BCUT2D eigenvalue weighted by Crippen LogP contribution is 2.34. The number of ketones is 2. The number of aliphatic hydroxyl groups excluding tert-OH is 1. The molecular weight excluding hydrogens is 725 g/mol. The Bertz CT molecular complexity index is 1720. The molecule has 0 bridgehead atoms. The molecule has 2 aromatic rings. The summed E-state index contributed by atoms with van der Waals surface area (Å²) in [6.07, 6.45) is 3.49. The van der Waals surface area contributed by atoms with Gasteiger partial charge in [-0.2, -0.15) is 9.59 Å². The second-order valence-corrected chi connectivity index (χ2v) is 22.3. The minimum Gasteiger partial charge on any atom is -0.393 e. The van der Waals surface area contributed by atoms with E-state index in [1.165, 1.54) is 37.3 Å². The van der Waals surface area contributed by atoms with Gasteiger partial charge in [0.1, 0.15) is 9.49 Å². The van der Waals surface area contributed by atoms with E-state index in [0.29, 0.717) is 51.4 Å². The van der Waals surface area contributed by atoms with Gasteiger partial charge in [0.25, 0.3) is 0 Å². The number of hydrogen-bond acceptors (Lipinski definition) is 14. The van der Waals surface area contributed by atoms with Crippen molar-refractivity contribution in [3.63, 3.8) is 0 Å². The van der Waals surface area contributed by atoms with Crippen LogP contribution in [0.2, 0.25) is 0 Å². The molecule has 18 heteroatoms. The van der Waals surface area contributed by atoms with Crippen molar-refractivity contribution >= 4 is 31.2 Å². The Morgan fingerprint density at radius 2 is 0.962 bits per heavy atom. The molecule has 0 atom stereocenters. The van der Waals surface area contributed by atoms with Gasteiger partial charge in [-0.3, -0.25) is 9.59 Å². The van der Waals surface area contributed by atoms with Gasteiger partial charge in [0, 0.05) is 7.11 Å². The molecule has 16 nitrogen and oxygen atoms in total. The number of carbonyl (C=O) groups is 2. The number of methoxy groups -OCH3 is 1. The van der Waals surface area contributed by atoms with Crippen LogP contribution in [0.5, 0.6) is 0 Å². The molecule has 4 rings (SSSR count). The first-order valence-electron chi connectivity index (χ1n) is 17.6. The van der Waals surface area contributed by atoms with E-state index < -0.39 is 57.3 Å². The maximum absolute atomic E-state index is 13.1. The minimum absolute atomic E-state index is 0. The Labute approximate surface area is 317 Å². The molecule has 2 heterocycles. The second-order valence-electron chi connectivity index (χ2n) is 16.7. The fraction of sp³-hybridized carbons (Fsp3) is 0.886. The van der Waals surface area contributed by atoms with Crippen LogP contribution < -0.4 is 0 Å². The van der Waals surface area contributed by atoms with Gasteiger partial charge in [-0.05, 0) is 131 Å². The number of hydrogen-bond donors (Lipinski definition) is 1. The Balaban J connectivity index is 0.000000511. The summed E-state index contributed by atoms with van der Waals surface area (Å²) in [5.74, 6) is -0.370. The Kier molecular flexibility index (Phi) is 16.3. The van der Waals surface area contributed by atoms with E-state index in [9.17, 15) is 31.5 Å². The van der Waals surface area contributed by atoms with E-state index >= 15 is 0 Å². The molecule has 0 aromatic carbocycles. The van der Waals surface area contributed by atoms with Crippen LogP contribution in [-0.4, -0.2) is 113 Å². The number of nitrogens with zero attached hydrogens (tertiary/aromatic N) is 8. The smallest absolute Gasteiger partial charge is 0.182 e. The van der Waals surface area contributed by atoms with Crippen molar-refractivity contribution in [2.24, 2.45) is 0 Å². The van der Waals surface area contributed by atoms with Crippen LogP contribution in [0.15, 0.2) is 0 Å². The van der Waals surface area contributed by atoms with Gasteiger partial charge < -0.3 is 9.84 Å². The van der Waals surface area contributed by atoms with Crippen molar-refractivity contribution in [3.8, 4) is 0 Å². The van der Waals surface area contributed by atoms with E-state index in [1.807, 2.05) is 41.5 Å². The predicted molar refractivity (Wildman–Crippen MR) is 204 cm³/mol. The third-order valence-electron chi connectivity index (χ3n) is 9.99. The summed E-state index contributed by atoms with van der Waals surface area (Å²) in [4.78, 5) is 28.3. The lowest BCUT2D eigenvalue weighted by Gasteiger charge is -2.33. The van der Waals surface area contributed by atoms with Gasteiger partial charge >= 0.3 is 0 Å². The first kappa shape index (κ1) is 48.3. The number of carbonyl (C=O) groups excluding carboxylic acids is 2. The summed E-state index contributed by atoms with van der Waals surface area (Å²) < 4.78 is 54.3. The second kappa shape index (κ2) is 17.8. The number of Topliss-reactive ketones (excluding diaryl/α,β-unsaturated/α-hetero) is 2. The van der Waals surface area contributed by atoms with Gasteiger partial charge in [0.05, 0.1) is 46.6 Å². The minimum atomic E-state index is -3.67. The molecule has 1 N–H and O–H groups in total. The number of rotatable bonds is 11. The average Bonchev–Trinajstić information content (AvgIpc) is 3.72. The van der Waals surface area contributed by atoms with Crippen LogP contribution in [0.1, 0.15) is 147 Å². The van der Waals surface area contributed by atoms with Crippen molar-refractivity contribution in [3.05, 3.63) is 11.6 Å². The lowest BCUT2D eigenvalue weighted by atomic mass is 9.97. The average molecular weight is 791 g/mol. The zero-order valence-electron chi connectivity index (χ0n) is 32.1. The summed E-state index contributed by atoms with van der Waals surface area (Å²) >= 11 is 0. The van der Waals surface area contributed by atoms with Crippen molar-refractivity contribution in [1.29, 1.82) is 0 Å². The number of sulfone groups is 2. The zero-order valence-corrected chi connectivity index (χ0v) is 33.7. The van der Waals surface area contributed by atoms with Crippen molar-refractivity contribution in [2.45, 2.75) is 192 Å². The van der Waals surface area contributed by atoms with Crippen LogP contribution in [-0.2, 0) is 57.9 Å². The van der Waals surface area contributed by atoms with E-state index in [1.54, 1.807) is 7.11 Å². The Morgan fingerprint density at radius 1 is 0.642 bits per heavy atom. The highest BCUT2D eigenvalue weighted by Gasteiger charge is 2.48. The SMILES string of the molecule is C.C.CC(C)(C)n1nnc(CC(=O)C(C)(C)S(=O)(=O)C2CCC(O)CC2)n1.COC1CCC(S(=O)(=O)C(C)(C)C(=O)Cc2nnn(C(C)(C)C)n2)CC1. The molecule has 2 aliphatic rings. The van der Waals surface area contributed by atoms with Crippen LogP contribution in [0.4, 0.5) is 0 Å². The lowest BCUT2D eigenvalue weighted by molar-refractivity contribution is -0.121. The third-order valence-corrected chi connectivity index (χ3v) is 16.0. The molecule has 0 amide bonds. The fourth-order valence-electron chi connectivity index (χ4n) is 5.99. The third kappa shape index (κ3) is 11.2. The van der Waals surface area contributed by atoms with Crippen LogP contribution in [0.3, 0.4) is 0 Å². The zero-order chi connectivity index (χ0) is 38.8. The van der Waals surface area contributed by atoms with Gasteiger partial charge in [0.2, 0.25) is 0 Å². The molecule has 0 spiro atoms. The lowest BCUT2D eigenvalue weighted by Crippen LogP contribution is -2.48. The highest BCUT2D eigenvalue weighted by molar-refractivity contribution is 7.94. The molecule has 2 aliphatic carbocycles. The van der Waals surface area contributed by atoms with E-state index in [0.717, 1.165) is 0 Å². The number of ether oxygens (including phenoxy) is 1. The molecular formula is C35H66N8O8S2. The van der Waals surface area contributed by atoms with Crippen molar-refractivity contribution in [2.75, 3.05) is 7.11 Å². The molecule has 2 aromatic heterocycles. The van der Waals surface area contributed by atoms with E-state index in [4.69, 9.17) is 4.74 Å². The topological polar surface area (TPSA) is 219 Å². The van der Waals surface area contributed by atoms with Crippen molar-refractivity contribution < 1.29 is 36.3 Å². The van der Waals surface area contributed by atoms with Crippen LogP contribution in [0.25, 0.3) is 0 Å². The molecule has 2 saturated carbocycles. The fourth-order valence-corrected chi connectivity index (χ4v) is 10.2. The molecule has 0 saturated heterocycles. The number of aromatic nitrogens is 8. The van der Waals surface area contributed by atoms with Crippen LogP contribution in [0, 0.1) is 0 Å². The van der Waals surface area contributed by atoms with Gasteiger partial charge in [-0.15, -0.1) is 20.4 Å². The Hall–Kier alpha value is -2.70. The highest BCUT2D eigenvalue weighted by atomic mass is 32.2. The number of aliphatic hydroxyl groups is 1. The first-order valence-corrected chi connectivity index (χ1v) is 20.7. The molecule has 0 aliphatic heterocycles. The summed E-state index contributed by atoms with van der Waals surface area (Å²) in [6.45, 7) is 17.4. The van der Waals surface area contributed by atoms with Gasteiger partial charge in [-0.1, -0.05) is 14.9 Å². The molecule has 0 unspecified atom stereocenters. The summed E-state index contributed by atoms with van der Waals surface area (Å²) in [5, 5.41) is 32.5. The summed E-state index contributed by atoms with van der Waals surface area (Å²) in [7, 11) is -5.65. The monoisotopic (exact) mass is 790 g/mol. The van der Waals surface area contributed by atoms with Crippen molar-refractivity contribution in [1.82, 2.24) is 40.4 Å². The number of tetrazole rings is 2. The van der Waals surface area contributed by atoms with E-state index in [-0.39, 0.29) is 56.5 Å². The van der Waals surface area contributed by atoms with E-state index in [2.05, 4.69) is 30.8 Å². The standard InChI is InChI=1S/C17H30N4O4S.C16H28N4O4S.2CH4/c1-16(2,3)21-19-15(18-20-21)11-14(22)17(4,5)26(23,24)13-9-7-12(25-6)8-10-13;1-15(2,3)20-18-14(17-19-20)10-13(22)16(4,5)25(23,24)12-8-6-11(21)7-9-12;;/h12-13H,7-11H2,1-6H3;11-12,21H,6-10H2,1-5H3;2*1H4. The Morgan fingerprint density at radius 3 is 1.25 bits per heavy atom. The summed E-state index contributed by atoms with van der Waals surface area (Å²) in [6, 6.07) is 0. The molecule has 0 radical (unpaired) electrons. The maximum Gasteiger partial charge on any atom is 0.182 e. The maximum atomic E-state index is 13.1. The normalized spacial score (nSPS) is 21.7.